The van der Waals surface area contributed by atoms with Crippen LogP contribution in [-0.2, 0) is 16.8 Å². The molecular weight excluding hydrogens is 219 g/mol. The van der Waals surface area contributed by atoms with E-state index in [1.165, 1.54) is 18.2 Å². The van der Waals surface area contributed by atoms with E-state index >= 15 is 0 Å². The molecule has 0 aromatic heterocycles. The minimum absolute atomic E-state index is 0. The zero-order chi connectivity index (χ0) is 9.14. The maximum absolute atomic E-state index is 10.4. The number of aromatic carboxylic acids is 2. The fraction of sp³-hybridized carbons (Fsp3) is 0. The number of hydrogen-bond acceptors (Lipinski definition) is 2. The fourth-order valence-electron chi connectivity index (χ4n) is 0.785. The molecule has 0 atom stereocenters. The van der Waals surface area contributed by atoms with Crippen LogP contribution in [0.3, 0.4) is 0 Å². The van der Waals surface area contributed by atoms with Crippen molar-refractivity contribution in [2.45, 2.75) is 0 Å². The quantitative estimate of drug-likeness (QED) is 0.789. The molecule has 0 aliphatic carbocycles. The zero-order valence-electron chi connectivity index (χ0n) is 6.35. The molecule has 1 aromatic rings. The van der Waals surface area contributed by atoms with Gasteiger partial charge in [0.25, 0.3) is 0 Å². The summed E-state index contributed by atoms with van der Waals surface area (Å²) in [7, 11) is 0. The summed E-state index contributed by atoms with van der Waals surface area (Å²) in [6.45, 7) is 0. The van der Waals surface area contributed by atoms with Gasteiger partial charge in [-0.05, 0) is 18.2 Å². The topological polar surface area (TPSA) is 74.6 Å². The number of rotatable bonds is 2. The molecular formula is C8H6CoO4. The van der Waals surface area contributed by atoms with Crippen molar-refractivity contribution in [3.05, 3.63) is 35.4 Å². The largest absolute Gasteiger partial charge is 0.478 e. The van der Waals surface area contributed by atoms with Crippen LogP contribution >= 0.6 is 0 Å². The molecule has 1 aromatic carbocycles. The molecule has 4 nitrogen and oxygen atoms in total. The molecule has 5 heteroatoms. The molecule has 0 fully saturated rings. The van der Waals surface area contributed by atoms with Crippen molar-refractivity contribution in [3.8, 4) is 0 Å². The zero-order valence-corrected chi connectivity index (χ0v) is 7.39. The molecule has 0 amide bonds. The van der Waals surface area contributed by atoms with Gasteiger partial charge in [-0.2, -0.15) is 0 Å². The average Bonchev–Trinajstić information content (AvgIpc) is 2.04. The number of benzene rings is 1. The number of hydrogen-bond donors (Lipinski definition) is 2. The maximum Gasteiger partial charge on any atom is 0.335 e. The normalized spacial score (nSPS) is 8.62. The monoisotopic (exact) mass is 225 g/mol. The molecule has 0 spiro atoms. The van der Waals surface area contributed by atoms with Gasteiger partial charge in [-0.25, -0.2) is 9.59 Å². The van der Waals surface area contributed by atoms with Crippen molar-refractivity contribution in [3.63, 3.8) is 0 Å². The van der Waals surface area contributed by atoms with Gasteiger partial charge in [0, 0.05) is 16.8 Å². The standard InChI is InChI=1S/C8H6O4.Co/c9-7(10)5-2-1-3-6(4-5)8(11)12;/h1-4H,(H,9,10)(H,11,12);. The molecule has 0 saturated carbocycles. The van der Waals surface area contributed by atoms with Crippen molar-refractivity contribution in [2.75, 3.05) is 0 Å². The minimum atomic E-state index is -1.13. The van der Waals surface area contributed by atoms with Crippen molar-refractivity contribution in [1.29, 1.82) is 0 Å². The number of carboxylic acid groups (broad SMARTS) is 2. The van der Waals surface area contributed by atoms with Gasteiger partial charge in [0.05, 0.1) is 11.1 Å². The summed E-state index contributed by atoms with van der Waals surface area (Å²) in [5, 5.41) is 17.0. The average molecular weight is 225 g/mol. The third-order valence-corrected chi connectivity index (χ3v) is 1.36. The summed E-state index contributed by atoms with van der Waals surface area (Å²) in [5.41, 5.74) is -0.0372. The van der Waals surface area contributed by atoms with Gasteiger partial charge in [0.2, 0.25) is 0 Å². The van der Waals surface area contributed by atoms with E-state index in [9.17, 15) is 9.59 Å². The van der Waals surface area contributed by atoms with Gasteiger partial charge >= 0.3 is 11.9 Å². The molecule has 0 bridgehead atoms. The van der Waals surface area contributed by atoms with Crippen molar-refractivity contribution < 1.29 is 36.6 Å². The third kappa shape index (κ3) is 2.88. The van der Waals surface area contributed by atoms with E-state index < -0.39 is 11.9 Å². The summed E-state index contributed by atoms with van der Waals surface area (Å²) >= 11 is 0. The van der Waals surface area contributed by atoms with E-state index in [1.807, 2.05) is 0 Å². The van der Waals surface area contributed by atoms with Crippen LogP contribution in [0.15, 0.2) is 24.3 Å². The Morgan fingerprint density at radius 1 is 1.00 bits per heavy atom. The first kappa shape index (κ1) is 11.7. The van der Waals surface area contributed by atoms with Gasteiger partial charge in [-0.15, -0.1) is 0 Å². The van der Waals surface area contributed by atoms with Crippen molar-refractivity contribution >= 4 is 11.9 Å². The molecule has 13 heavy (non-hydrogen) atoms. The summed E-state index contributed by atoms with van der Waals surface area (Å²) < 4.78 is 0. The van der Waals surface area contributed by atoms with E-state index in [2.05, 4.69) is 0 Å². The maximum atomic E-state index is 10.4. The van der Waals surface area contributed by atoms with E-state index in [1.54, 1.807) is 0 Å². The van der Waals surface area contributed by atoms with Crippen LogP contribution in [-0.4, -0.2) is 22.2 Å². The minimum Gasteiger partial charge on any atom is -0.478 e. The Balaban J connectivity index is 0.00000144. The van der Waals surface area contributed by atoms with Crippen LogP contribution in [0.5, 0.6) is 0 Å². The van der Waals surface area contributed by atoms with Crippen LogP contribution in [0, 0.1) is 0 Å². The van der Waals surface area contributed by atoms with Crippen molar-refractivity contribution in [1.82, 2.24) is 0 Å². The second kappa shape index (κ2) is 4.63. The van der Waals surface area contributed by atoms with Gasteiger partial charge in [0.15, 0.2) is 0 Å². The SMILES string of the molecule is O=C(O)c1cccc(C(=O)O)c1.[Co]. The number of carbonyl (C=O) groups is 2. The van der Waals surface area contributed by atoms with Gasteiger partial charge in [-0.1, -0.05) is 6.07 Å². The Morgan fingerprint density at radius 2 is 1.38 bits per heavy atom. The van der Waals surface area contributed by atoms with Crippen LogP contribution < -0.4 is 0 Å². The van der Waals surface area contributed by atoms with Crippen LogP contribution in [0.2, 0.25) is 0 Å². The van der Waals surface area contributed by atoms with E-state index in [0.29, 0.717) is 0 Å². The van der Waals surface area contributed by atoms with Gasteiger partial charge in [-0.3, -0.25) is 0 Å². The molecule has 0 aliphatic heterocycles. The Bertz CT molecular complexity index is 305. The third-order valence-electron chi connectivity index (χ3n) is 1.36. The van der Waals surface area contributed by atoms with E-state index in [-0.39, 0.29) is 27.9 Å². The Labute approximate surface area is 84.4 Å². The Morgan fingerprint density at radius 3 is 1.69 bits per heavy atom. The number of carboxylic acids is 2. The first-order valence-corrected chi connectivity index (χ1v) is 3.18. The predicted octanol–water partition coefficient (Wildman–Crippen LogP) is 1.08. The summed E-state index contributed by atoms with van der Waals surface area (Å²) in [4.78, 5) is 20.8. The van der Waals surface area contributed by atoms with E-state index in [4.69, 9.17) is 10.2 Å². The molecule has 0 aliphatic rings. The summed E-state index contributed by atoms with van der Waals surface area (Å²) in [6, 6.07) is 5.20. The molecule has 1 rings (SSSR count). The predicted molar refractivity (Wildman–Crippen MR) is 40.4 cm³/mol. The van der Waals surface area contributed by atoms with Crippen molar-refractivity contribution in [2.24, 2.45) is 0 Å². The smallest absolute Gasteiger partial charge is 0.335 e. The van der Waals surface area contributed by atoms with Gasteiger partial charge in [0.1, 0.15) is 0 Å². The first-order chi connectivity index (χ1) is 5.61. The van der Waals surface area contributed by atoms with Gasteiger partial charge < -0.3 is 10.2 Å². The summed E-state index contributed by atoms with van der Waals surface area (Å²) in [6.07, 6.45) is 0. The van der Waals surface area contributed by atoms with Crippen LogP contribution in [0.4, 0.5) is 0 Å². The Kier molecular flexibility index (Phi) is 4.16. The molecule has 0 unspecified atom stereocenters. The molecule has 0 saturated heterocycles. The fourth-order valence-corrected chi connectivity index (χ4v) is 0.785. The molecule has 2 N–H and O–H groups in total. The Hall–Kier alpha value is -1.33. The van der Waals surface area contributed by atoms with Crippen LogP contribution in [0.25, 0.3) is 0 Å². The molecule has 1 radical (unpaired) electrons. The first-order valence-electron chi connectivity index (χ1n) is 3.18. The summed E-state index contributed by atoms with van der Waals surface area (Å²) in [5.74, 6) is -2.25. The molecule has 71 valence electrons. The van der Waals surface area contributed by atoms with E-state index in [0.717, 1.165) is 6.07 Å². The molecule has 0 heterocycles. The second-order valence-electron chi connectivity index (χ2n) is 2.19. The second-order valence-corrected chi connectivity index (χ2v) is 2.19. The van der Waals surface area contributed by atoms with Crippen LogP contribution in [0.1, 0.15) is 20.7 Å².